The van der Waals surface area contributed by atoms with Crippen molar-refractivity contribution in [1.29, 1.82) is 0 Å². The molecule has 0 fully saturated rings. The molecular weight excluding hydrogens is 498 g/mol. The lowest BCUT2D eigenvalue weighted by Gasteiger charge is -2.20. The van der Waals surface area contributed by atoms with Gasteiger partial charge in [0.25, 0.3) is 10.2 Å². The first kappa shape index (κ1) is 29.2. The summed E-state index contributed by atoms with van der Waals surface area (Å²) in [5.74, 6) is -1.26. The Hall–Kier alpha value is -2.06. The van der Waals surface area contributed by atoms with Gasteiger partial charge in [-0.15, -0.1) is 0 Å². The lowest BCUT2D eigenvalue weighted by atomic mass is 10.0. The van der Waals surface area contributed by atoms with E-state index in [0.717, 1.165) is 24.4 Å². The number of rotatable bonds is 15. The monoisotopic (exact) mass is 532 g/mol. The number of benzene rings is 1. The van der Waals surface area contributed by atoms with Gasteiger partial charge in [-0.3, -0.25) is 4.72 Å². The quantitative estimate of drug-likeness (QED) is 0.157. The van der Waals surface area contributed by atoms with E-state index in [4.69, 9.17) is 0 Å². The van der Waals surface area contributed by atoms with E-state index in [1.165, 1.54) is 18.2 Å². The van der Waals surface area contributed by atoms with Gasteiger partial charge >= 0.3 is 0 Å². The van der Waals surface area contributed by atoms with Crippen molar-refractivity contribution in [2.45, 2.75) is 43.6 Å². The lowest BCUT2D eigenvalue weighted by molar-refractivity contribution is 0.259. The van der Waals surface area contributed by atoms with Crippen molar-refractivity contribution >= 4 is 33.6 Å². The fourth-order valence-corrected chi connectivity index (χ4v) is 4.85. The zero-order chi connectivity index (χ0) is 26.0. The predicted octanol–water partition coefficient (Wildman–Crippen LogP) is 3.06. The Kier molecular flexibility index (Phi) is 11.6. The van der Waals surface area contributed by atoms with Crippen LogP contribution in [0.1, 0.15) is 32.3 Å². The predicted molar refractivity (Wildman–Crippen MR) is 136 cm³/mol. The molecule has 0 radical (unpaired) electrons. The van der Waals surface area contributed by atoms with Crippen LogP contribution in [0.3, 0.4) is 0 Å². The summed E-state index contributed by atoms with van der Waals surface area (Å²) in [7, 11) is -0.106. The third kappa shape index (κ3) is 10.6. The highest BCUT2D eigenvalue weighted by Gasteiger charge is 2.17. The maximum atomic E-state index is 14.0. The van der Waals surface area contributed by atoms with E-state index in [0.29, 0.717) is 24.6 Å². The second-order valence-corrected chi connectivity index (χ2v) is 11.2. The van der Waals surface area contributed by atoms with E-state index in [1.54, 1.807) is 0 Å². The van der Waals surface area contributed by atoms with Crippen LogP contribution in [0, 0.1) is 17.6 Å². The average Bonchev–Trinajstić information content (AvgIpc) is 2.76. The smallest absolute Gasteiger partial charge is 0.300 e. The molecule has 1 atom stereocenters. The van der Waals surface area contributed by atoms with Gasteiger partial charge in [0.15, 0.2) is 16.8 Å². The van der Waals surface area contributed by atoms with Crippen LogP contribution in [-0.4, -0.2) is 68.2 Å². The van der Waals surface area contributed by atoms with Crippen LogP contribution in [0.25, 0.3) is 0 Å². The number of aromatic nitrogens is 2. The summed E-state index contributed by atoms with van der Waals surface area (Å²) in [6.07, 6.45) is 1.28. The molecule has 2 rings (SSSR count). The van der Waals surface area contributed by atoms with Crippen LogP contribution in [0.5, 0.6) is 0 Å². The van der Waals surface area contributed by atoms with Crippen molar-refractivity contribution < 1.29 is 22.3 Å². The minimum atomic E-state index is -3.90. The maximum absolute atomic E-state index is 14.0. The normalized spacial score (nSPS) is 12.8. The summed E-state index contributed by atoms with van der Waals surface area (Å²) in [6, 6.07) is 5.02. The molecule has 1 heterocycles. The summed E-state index contributed by atoms with van der Waals surface area (Å²) in [5, 5.41) is 13.0. The van der Waals surface area contributed by atoms with Gasteiger partial charge in [-0.1, -0.05) is 37.7 Å². The van der Waals surface area contributed by atoms with Crippen molar-refractivity contribution in [3.05, 3.63) is 41.5 Å². The van der Waals surface area contributed by atoms with Crippen molar-refractivity contribution in [1.82, 2.24) is 19.6 Å². The van der Waals surface area contributed by atoms with Gasteiger partial charge in [0.2, 0.25) is 0 Å². The lowest BCUT2D eigenvalue weighted by Crippen LogP contribution is -2.32. The Labute approximate surface area is 210 Å². The van der Waals surface area contributed by atoms with Gasteiger partial charge in [-0.2, -0.15) is 13.1 Å². The van der Waals surface area contributed by atoms with Crippen LogP contribution in [0.2, 0.25) is 0 Å². The molecule has 0 bridgehead atoms. The fourth-order valence-electron chi connectivity index (χ4n) is 3.15. The first-order valence-corrected chi connectivity index (χ1v) is 13.7. The summed E-state index contributed by atoms with van der Waals surface area (Å²) in [5.41, 5.74) is 0.134. The molecule has 0 saturated heterocycles. The number of halogens is 2. The van der Waals surface area contributed by atoms with Crippen LogP contribution in [0.15, 0.2) is 29.4 Å². The van der Waals surface area contributed by atoms with E-state index in [-0.39, 0.29) is 41.5 Å². The van der Waals surface area contributed by atoms with Crippen molar-refractivity contribution in [2.24, 2.45) is 5.92 Å². The number of aliphatic hydroxyl groups is 1. The van der Waals surface area contributed by atoms with Crippen molar-refractivity contribution in [3.8, 4) is 0 Å². The maximum Gasteiger partial charge on any atom is 0.300 e. The highest BCUT2D eigenvalue weighted by Crippen LogP contribution is 2.26. The van der Waals surface area contributed by atoms with Gasteiger partial charge in [0.05, 0.1) is 12.6 Å². The zero-order valence-electron chi connectivity index (χ0n) is 20.4. The first-order valence-electron chi connectivity index (χ1n) is 11.2. The SMILES string of the molecule is CC(C)C[C@H](CO)Nc1cc(NS(=O)(=O)NCCCN(C)C)nc(SCc2cccc(F)c2F)n1. The highest BCUT2D eigenvalue weighted by molar-refractivity contribution is 7.98. The number of thioether (sulfide) groups is 1. The molecule has 0 aliphatic carbocycles. The highest BCUT2D eigenvalue weighted by atomic mass is 32.2. The summed E-state index contributed by atoms with van der Waals surface area (Å²) in [6.45, 7) is 4.85. The minimum Gasteiger partial charge on any atom is -0.394 e. The molecule has 2 aromatic rings. The van der Waals surface area contributed by atoms with E-state index in [9.17, 15) is 22.3 Å². The molecule has 0 saturated carbocycles. The number of nitrogens with one attached hydrogen (secondary N) is 3. The molecule has 9 nitrogen and oxygen atoms in total. The second-order valence-electron chi connectivity index (χ2n) is 8.73. The number of hydrogen-bond donors (Lipinski definition) is 4. The van der Waals surface area contributed by atoms with Gasteiger partial charge in [-0.05, 0) is 45.5 Å². The van der Waals surface area contributed by atoms with Gasteiger partial charge in [0.1, 0.15) is 11.6 Å². The van der Waals surface area contributed by atoms with Crippen LogP contribution in [0.4, 0.5) is 20.4 Å². The number of hydrogen-bond acceptors (Lipinski definition) is 8. The first-order chi connectivity index (χ1) is 16.5. The van der Waals surface area contributed by atoms with Crippen molar-refractivity contribution in [2.75, 3.05) is 43.8 Å². The van der Waals surface area contributed by atoms with E-state index in [2.05, 4.69) is 24.7 Å². The molecule has 35 heavy (non-hydrogen) atoms. The number of aliphatic hydroxyl groups excluding tert-OH is 1. The molecule has 196 valence electrons. The Balaban J connectivity index is 2.22. The van der Waals surface area contributed by atoms with Crippen LogP contribution >= 0.6 is 11.8 Å². The van der Waals surface area contributed by atoms with E-state index < -0.39 is 21.8 Å². The molecule has 0 aliphatic rings. The second kappa shape index (κ2) is 13.9. The van der Waals surface area contributed by atoms with Crippen molar-refractivity contribution in [3.63, 3.8) is 0 Å². The molecular formula is C22H34F2N6O3S2. The molecule has 1 aromatic heterocycles. The Morgan fingerprint density at radius 1 is 1.17 bits per heavy atom. The largest absolute Gasteiger partial charge is 0.394 e. The summed E-state index contributed by atoms with van der Waals surface area (Å²) in [4.78, 5) is 10.6. The molecule has 1 aromatic carbocycles. The van der Waals surface area contributed by atoms with Gasteiger partial charge in [0, 0.05) is 23.9 Å². The molecule has 4 N–H and O–H groups in total. The molecule has 0 unspecified atom stereocenters. The molecule has 0 aliphatic heterocycles. The molecule has 0 spiro atoms. The summed E-state index contributed by atoms with van der Waals surface area (Å²) >= 11 is 1.03. The van der Waals surface area contributed by atoms with Gasteiger partial charge in [-0.25, -0.2) is 18.7 Å². The minimum absolute atomic E-state index is 0.00561. The topological polar surface area (TPSA) is 119 Å². The Morgan fingerprint density at radius 3 is 2.54 bits per heavy atom. The third-order valence-corrected chi connectivity index (χ3v) is 6.69. The molecule has 13 heteroatoms. The van der Waals surface area contributed by atoms with E-state index >= 15 is 0 Å². The van der Waals surface area contributed by atoms with Gasteiger partial charge < -0.3 is 15.3 Å². The van der Waals surface area contributed by atoms with E-state index in [1.807, 2.05) is 32.8 Å². The molecule has 0 amide bonds. The fraction of sp³-hybridized carbons (Fsp3) is 0.545. The number of anilines is 2. The standard InChI is InChI=1S/C22H34F2N6O3S2/c1-15(2)11-17(13-31)26-19-12-20(29-35(32,33)25-9-6-10-30(3)4)28-22(27-19)34-14-16-7-5-8-18(23)21(16)24/h5,7-8,12,15,17,25,31H,6,9-11,13-14H2,1-4H3,(H2,26,27,28,29)/t17-/m1/s1. The third-order valence-electron chi connectivity index (χ3n) is 4.74. The Bertz CT molecular complexity index is 1060. The number of nitrogens with zero attached hydrogens (tertiary/aromatic N) is 3. The zero-order valence-corrected chi connectivity index (χ0v) is 22.0. The average molecular weight is 533 g/mol. The summed E-state index contributed by atoms with van der Waals surface area (Å²) < 4.78 is 57.4. The van der Waals surface area contributed by atoms with Crippen LogP contribution in [-0.2, 0) is 16.0 Å². The Morgan fingerprint density at radius 2 is 1.89 bits per heavy atom. The van der Waals surface area contributed by atoms with Crippen LogP contribution < -0.4 is 14.8 Å².